The van der Waals surface area contributed by atoms with Gasteiger partial charge < -0.3 is 14.3 Å². The first-order valence-electron chi connectivity index (χ1n) is 9.05. The molecule has 0 radical (unpaired) electrons. The second kappa shape index (κ2) is 9.57. The maximum absolute atomic E-state index is 12.5. The molecule has 0 aromatic heterocycles. The largest absolute Gasteiger partial charge is 0.504 e. The van der Waals surface area contributed by atoms with E-state index in [4.69, 9.17) is 23.2 Å². The number of phenolic OH excluding ortho intramolecular Hbond substituents is 1. The zero-order valence-corrected chi connectivity index (χ0v) is 19.0. The van der Waals surface area contributed by atoms with Crippen molar-refractivity contribution >= 4 is 50.7 Å². The van der Waals surface area contributed by atoms with Crippen molar-refractivity contribution in [3.05, 3.63) is 16.1 Å². The Bertz CT molecular complexity index is 858. The molecule has 1 saturated heterocycles. The van der Waals surface area contributed by atoms with Gasteiger partial charge in [-0.05, 0) is 13.1 Å². The number of hydrogen-bond acceptors (Lipinski definition) is 6. The Labute approximate surface area is 181 Å². The summed E-state index contributed by atoms with van der Waals surface area (Å²) in [7, 11) is 1.63. The van der Waals surface area contributed by atoms with Crippen LogP contribution >= 0.6 is 23.2 Å². The molecule has 1 aromatic carbocycles. The molecule has 0 aliphatic carbocycles. The zero-order chi connectivity index (χ0) is 21.8. The van der Waals surface area contributed by atoms with E-state index >= 15 is 0 Å². The molecule has 12 heteroatoms. The number of sulfonamides is 1. The first kappa shape index (κ1) is 23.8. The summed E-state index contributed by atoms with van der Waals surface area (Å²) in [6.45, 7) is 4.66. The number of carbonyl (C=O) groups excluding carboxylic acids is 1. The van der Waals surface area contributed by atoms with Gasteiger partial charge in [0.05, 0.1) is 55.9 Å². The van der Waals surface area contributed by atoms with Crippen LogP contribution in [0.4, 0.5) is 16.2 Å². The molecule has 0 saturated carbocycles. The highest BCUT2D eigenvalue weighted by Crippen LogP contribution is 2.43. The minimum atomic E-state index is -3.73. The summed E-state index contributed by atoms with van der Waals surface area (Å²) in [5, 5.41) is 12.2. The van der Waals surface area contributed by atoms with E-state index in [0.29, 0.717) is 6.42 Å². The molecule has 1 aromatic rings. The lowest BCUT2D eigenvalue weighted by molar-refractivity contribution is -0.913. The average molecular weight is 470 g/mol. The molecule has 1 heterocycles. The number of phenols is 1. The van der Waals surface area contributed by atoms with Crippen molar-refractivity contribution in [1.29, 1.82) is 0 Å². The number of rotatable bonds is 7. The molecule has 1 amide bonds. The van der Waals surface area contributed by atoms with Crippen molar-refractivity contribution in [3.8, 4) is 5.75 Å². The van der Waals surface area contributed by atoms with E-state index in [-0.39, 0.29) is 27.2 Å². The van der Waals surface area contributed by atoms with Gasteiger partial charge in [-0.2, -0.15) is 0 Å². The molecule has 1 aliphatic rings. The Kier molecular flexibility index (Phi) is 7.86. The highest BCUT2D eigenvalue weighted by atomic mass is 35.5. The monoisotopic (exact) mass is 469 g/mol. The van der Waals surface area contributed by atoms with Gasteiger partial charge in [0.15, 0.2) is 5.75 Å². The summed E-state index contributed by atoms with van der Waals surface area (Å²) in [6, 6.07) is 1.18. The number of aromatic hydroxyl groups is 1. The standard InChI is InChI=1S/C17H26Cl2N4O5S/c1-22-5-8-23(2,9-6-22)7-4-10-29(26,27)21-13-11-12(18)15(14(19)16(13)24)20-17(25)28-3/h11,21H,4-10H2,1-3H3,(H-,20,24,25)/p+1. The number of amides is 1. The third-order valence-electron chi connectivity index (χ3n) is 5.02. The number of ether oxygens (including phenoxy) is 1. The van der Waals surface area contributed by atoms with E-state index in [1.807, 2.05) is 0 Å². The summed E-state index contributed by atoms with van der Waals surface area (Å²) in [5.74, 6) is -0.642. The number of piperazine rings is 1. The molecule has 9 nitrogen and oxygen atoms in total. The van der Waals surface area contributed by atoms with E-state index in [1.54, 1.807) is 0 Å². The predicted octanol–water partition coefficient (Wildman–Crippen LogP) is 2.40. The number of benzene rings is 1. The highest BCUT2D eigenvalue weighted by molar-refractivity contribution is 7.92. The van der Waals surface area contributed by atoms with Crippen LogP contribution < -0.4 is 10.0 Å². The quantitative estimate of drug-likeness (QED) is 0.417. The maximum atomic E-state index is 12.5. The normalized spacial score (nSPS) is 17.0. The molecule has 0 spiro atoms. The van der Waals surface area contributed by atoms with E-state index in [0.717, 1.165) is 44.3 Å². The SMILES string of the molecule is COC(=O)Nc1c(Cl)cc(NS(=O)(=O)CCC[N+]2(C)CCN(C)CC2)c(O)c1Cl. The Morgan fingerprint density at radius 1 is 1.34 bits per heavy atom. The second-order valence-corrected chi connectivity index (χ2v) is 10.1. The van der Waals surface area contributed by atoms with Crippen LogP contribution in [0, 0.1) is 0 Å². The van der Waals surface area contributed by atoms with Crippen LogP contribution in [0.5, 0.6) is 5.75 Å². The average Bonchev–Trinajstić information content (AvgIpc) is 2.65. The lowest BCUT2D eigenvalue weighted by Gasteiger charge is -2.41. The van der Waals surface area contributed by atoms with Crippen molar-refractivity contribution in [1.82, 2.24) is 4.90 Å². The first-order chi connectivity index (χ1) is 13.5. The fraction of sp³-hybridized carbons (Fsp3) is 0.588. The van der Waals surface area contributed by atoms with E-state index in [1.165, 1.54) is 6.07 Å². The third kappa shape index (κ3) is 6.51. The molecule has 164 valence electrons. The van der Waals surface area contributed by atoms with Gasteiger partial charge in [-0.25, -0.2) is 13.2 Å². The number of likely N-dealkylation sites (N-methyl/N-ethyl adjacent to an activating group) is 2. The fourth-order valence-corrected chi connectivity index (χ4v) is 4.73. The van der Waals surface area contributed by atoms with Crippen LogP contribution in [0.15, 0.2) is 6.07 Å². The zero-order valence-electron chi connectivity index (χ0n) is 16.7. The molecule has 0 bridgehead atoms. The topological polar surface area (TPSA) is 108 Å². The van der Waals surface area contributed by atoms with Gasteiger partial charge in [0, 0.05) is 19.5 Å². The second-order valence-electron chi connectivity index (χ2n) is 7.43. The number of quaternary nitrogens is 1. The van der Waals surface area contributed by atoms with Gasteiger partial charge in [0.25, 0.3) is 0 Å². The van der Waals surface area contributed by atoms with Crippen molar-refractivity contribution < 1.29 is 27.5 Å². The van der Waals surface area contributed by atoms with E-state index in [2.05, 4.69) is 33.8 Å². The van der Waals surface area contributed by atoms with Crippen molar-refractivity contribution in [2.45, 2.75) is 6.42 Å². The third-order valence-corrected chi connectivity index (χ3v) is 7.05. The molecule has 0 unspecified atom stereocenters. The predicted molar refractivity (Wildman–Crippen MR) is 114 cm³/mol. The summed E-state index contributed by atoms with van der Waals surface area (Å²) in [6.07, 6.45) is -0.359. The molecular formula is C17H27Cl2N4O5S+. The van der Waals surface area contributed by atoms with Crippen LogP contribution in [-0.2, 0) is 14.8 Å². The first-order valence-corrected chi connectivity index (χ1v) is 11.5. The lowest BCUT2D eigenvalue weighted by Crippen LogP contribution is -2.56. The molecule has 29 heavy (non-hydrogen) atoms. The van der Waals surface area contributed by atoms with Crippen molar-refractivity contribution in [3.63, 3.8) is 0 Å². The van der Waals surface area contributed by atoms with E-state index < -0.39 is 21.9 Å². The maximum Gasteiger partial charge on any atom is 0.411 e. The minimum Gasteiger partial charge on any atom is -0.504 e. The number of anilines is 2. The molecular weight excluding hydrogens is 443 g/mol. The number of carbonyl (C=O) groups is 1. The molecule has 1 fully saturated rings. The molecule has 2 rings (SSSR count). The molecule has 0 atom stereocenters. The van der Waals surface area contributed by atoms with Gasteiger partial charge in [0.2, 0.25) is 10.0 Å². The highest BCUT2D eigenvalue weighted by Gasteiger charge is 2.28. The van der Waals surface area contributed by atoms with Gasteiger partial charge in [-0.15, -0.1) is 0 Å². The van der Waals surface area contributed by atoms with Crippen LogP contribution in [-0.4, -0.2) is 88.7 Å². The number of halogens is 2. The summed E-state index contributed by atoms with van der Waals surface area (Å²) in [4.78, 5) is 13.6. The Balaban J connectivity index is 2.03. The van der Waals surface area contributed by atoms with Crippen molar-refractivity contribution in [2.75, 3.05) is 69.7 Å². The fourth-order valence-electron chi connectivity index (χ4n) is 3.08. The van der Waals surface area contributed by atoms with Crippen LogP contribution in [0.3, 0.4) is 0 Å². The summed E-state index contributed by atoms with van der Waals surface area (Å²) >= 11 is 12.1. The van der Waals surface area contributed by atoms with Gasteiger partial charge in [-0.3, -0.25) is 14.9 Å². The minimum absolute atomic E-state index is 0.0496. The number of nitrogens with one attached hydrogen (secondary N) is 2. The Hall–Kier alpha value is -1.46. The van der Waals surface area contributed by atoms with Crippen LogP contribution in [0.25, 0.3) is 0 Å². The van der Waals surface area contributed by atoms with Gasteiger partial charge >= 0.3 is 6.09 Å². The Morgan fingerprint density at radius 3 is 2.55 bits per heavy atom. The molecule has 1 aliphatic heterocycles. The van der Waals surface area contributed by atoms with Gasteiger partial charge in [-0.1, -0.05) is 23.2 Å². The number of hydrogen-bond donors (Lipinski definition) is 3. The summed E-state index contributed by atoms with van der Waals surface area (Å²) < 4.78 is 32.5. The van der Waals surface area contributed by atoms with Crippen LogP contribution in [0.1, 0.15) is 6.42 Å². The summed E-state index contributed by atoms with van der Waals surface area (Å²) in [5.41, 5.74) is -0.233. The number of methoxy groups -OCH3 is 1. The van der Waals surface area contributed by atoms with Crippen molar-refractivity contribution in [2.24, 2.45) is 0 Å². The smallest absolute Gasteiger partial charge is 0.411 e. The van der Waals surface area contributed by atoms with Gasteiger partial charge in [0.1, 0.15) is 5.02 Å². The Morgan fingerprint density at radius 2 is 1.97 bits per heavy atom. The lowest BCUT2D eigenvalue weighted by atomic mass is 10.2. The van der Waals surface area contributed by atoms with Crippen LogP contribution in [0.2, 0.25) is 10.0 Å². The molecule has 3 N–H and O–H groups in total. The number of nitrogens with zero attached hydrogens (tertiary/aromatic N) is 2. The van der Waals surface area contributed by atoms with E-state index in [9.17, 15) is 18.3 Å².